The largest absolute Gasteiger partial charge is 0.327 e. The molecule has 0 unspecified atom stereocenters. The number of likely N-dealkylation sites (N-methyl/N-ethyl adjacent to an activating group) is 1. The number of benzene rings is 1. The third-order valence-corrected chi connectivity index (χ3v) is 5.26. The molecule has 25 heavy (non-hydrogen) atoms. The summed E-state index contributed by atoms with van der Waals surface area (Å²) in [6.45, 7) is 1.38. The number of hydrogen-bond donors (Lipinski definition) is 1. The highest BCUT2D eigenvalue weighted by Gasteiger charge is 2.55. The third kappa shape index (κ3) is 2.99. The van der Waals surface area contributed by atoms with Crippen molar-refractivity contribution in [3.63, 3.8) is 0 Å². The van der Waals surface area contributed by atoms with E-state index >= 15 is 0 Å². The number of carbonyl (C=O) groups excluding carboxylic acids is 3. The molecule has 1 saturated heterocycles. The lowest BCUT2D eigenvalue weighted by atomic mass is 9.81. The van der Waals surface area contributed by atoms with Crippen LogP contribution in [0.5, 0.6) is 0 Å². The standard InChI is InChI=1S/C18H22FN3O3/c1-12-6-7-13(19)10-14(12)20-15(23)11-22-16(24)18(21(2)17(22)25)8-4-3-5-9-18/h6-7,10H,3-5,8-9,11H2,1-2H3,(H,20,23). The maximum Gasteiger partial charge on any atom is 0.327 e. The van der Waals surface area contributed by atoms with Crippen molar-refractivity contribution < 1.29 is 18.8 Å². The second-order valence-corrected chi connectivity index (χ2v) is 6.83. The topological polar surface area (TPSA) is 69.7 Å². The van der Waals surface area contributed by atoms with Crippen LogP contribution in [0.25, 0.3) is 0 Å². The first-order valence-electron chi connectivity index (χ1n) is 8.51. The number of nitrogens with one attached hydrogen (secondary N) is 1. The second-order valence-electron chi connectivity index (χ2n) is 6.83. The summed E-state index contributed by atoms with van der Waals surface area (Å²) in [5.41, 5.74) is 0.240. The van der Waals surface area contributed by atoms with E-state index in [9.17, 15) is 18.8 Å². The normalized spacial score (nSPS) is 19.6. The summed E-state index contributed by atoms with van der Waals surface area (Å²) >= 11 is 0. The molecule has 1 aromatic carbocycles. The van der Waals surface area contributed by atoms with Crippen LogP contribution in [0.15, 0.2) is 18.2 Å². The highest BCUT2D eigenvalue weighted by molar-refractivity contribution is 6.10. The van der Waals surface area contributed by atoms with Gasteiger partial charge in [-0.3, -0.25) is 14.5 Å². The molecule has 0 radical (unpaired) electrons. The molecule has 1 saturated carbocycles. The smallest absolute Gasteiger partial charge is 0.324 e. The molecule has 1 spiro atoms. The Morgan fingerprint density at radius 3 is 2.60 bits per heavy atom. The van der Waals surface area contributed by atoms with Gasteiger partial charge < -0.3 is 10.2 Å². The zero-order chi connectivity index (χ0) is 18.2. The number of urea groups is 1. The Morgan fingerprint density at radius 1 is 1.24 bits per heavy atom. The number of rotatable bonds is 3. The van der Waals surface area contributed by atoms with E-state index < -0.39 is 23.3 Å². The number of anilines is 1. The van der Waals surface area contributed by atoms with Gasteiger partial charge in [0.15, 0.2) is 0 Å². The van der Waals surface area contributed by atoms with Crippen LogP contribution < -0.4 is 5.32 Å². The van der Waals surface area contributed by atoms with Gasteiger partial charge in [-0.25, -0.2) is 9.18 Å². The maximum atomic E-state index is 13.3. The van der Waals surface area contributed by atoms with E-state index in [1.165, 1.54) is 17.0 Å². The minimum Gasteiger partial charge on any atom is -0.324 e. The molecule has 2 fully saturated rings. The van der Waals surface area contributed by atoms with Gasteiger partial charge in [0.1, 0.15) is 17.9 Å². The van der Waals surface area contributed by atoms with Crippen molar-refractivity contribution >= 4 is 23.5 Å². The average Bonchev–Trinajstić information content (AvgIpc) is 2.75. The Hall–Kier alpha value is -2.44. The van der Waals surface area contributed by atoms with E-state index in [1.807, 2.05) is 0 Å². The first-order chi connectivity index (χ1) is 11.8. The van der Waals surface area contributed by atoms with Crippen LogP contribution in [0.4, 0.5) is 14.9 Å². The first kappa shape index (κ1) is 17.4. The molecular formula is C18H22FN3O3. The van der Waals surface area contributed by atoms with Gasteiger partial charge in [0, 0.05) is 12.7 Å². The summed E-state index contributed by atoms with van der Waals surface area (Å²) in [6.07, 6.45) is 4.11. The number of hydrogen-bond acceptors (Lipinski definition) is 3. The summed E-state index contributed by atoms with van der Waals surface area (Å²) in [7, 11) is 1.63. The predicted octanol–water partition coefficient (Wildman–Crippen LogP) is 2.67. The van der Waals surface area contributed by atoms with Crippen LogP contribution in [-0.4, -0.2) is 46.8 Å². The van der Waals surface area contributed by atoms with Crippen LogP contribution in [0.2, 0.25) is 0 Å². The molecule has 0 bridgehead atoms. The molecule has 134 valence electrons. The van der Waals surface area contributed by atoms with Crippen LogP contribution in [0, 0.1) is 12.7 Å². The Morgan fingerprint density at radius 2 is 1.92 bits per heavy atom. The van der Waals surface area contributed by atoms with Crippen LogP contribution in [0.1, 0.15) is 37.7 Å². The van der Waals surface area contributed by atoms with Crippen molar-refractivity contribution in [3.8, 4) is 0 Å². The van der Waals surface area contributed by atoms with Gasteiger partial charge in [-0.2, -0.15) is 0 Å². The van der Waals surface area contributed by atoms with Gasteiger partial charge in [0.25, 0.3) is 5.91 Å². The van der Waals surface area contributed by atoms with E-state index in [4.69, 9.17) is 0 Å². The molecule has 2 aliphatic rings. The minimum atomic E-state index is -0.801. The van der Waals surface area contributed by atoms with E-state index in [0.29, 0.717) is 24.1 Å². The van der Waals surface area contributed by atoms with Crippen molar-refractivity contribution in [2.45, 2.75) is 44.6 Å². The summed E-state index contributed by atoms with van der Waals surface area (Å²) in [5.74, 6) is -1.28. The molecule has 1 aromatic rings. The number of imide groups is 1. The molecule has 1 aliphatic carbocycles. The molecule has 1 heterocycles. The molecule has 1 aliphatic heterocycles. The summed E-state index contributed by atoms with van der Waals surface area (Å²) in [4.78, 5) is 40.1. The molecule has 6 nitrogen and oxygen atoms in total. The second kappa shape index (κ2) is 6.46. The van der Waals surface area contributed by atoms with E-state index in [1.54, 1.807) is 20.0 Å². The van der Waals surface area contributed by atoms with Gasteiger partial charge >= 0.3 is 6.03 Å². The summed E-state index contributed by atoms with van der Waals surface area (Å²) < 4.78 is 13.3. The fraction of sp³-hybridized carbons (Fsp3) is 0.500. The van der Waals surface area contributed by atoms with Gasteiger partial charge in [-0.1, -0.05) is 25.3 Å². The quantitative estimate of drug-likeness (QED) is 0.855. The Labute approximate surface area is 146 Å². The predicted molar refractivity (Wildman–Crippen MR) is 90.5 cm³/mol. The fourth-order valence-corrected chi connectivity index (χ4v) is 3.73. The van der Waals surface area contributed by atoms with E-state index in [0.717, 1.165) is 24.2 Å². The van der Waals surface area contributed by atoms with Crippen molar-refractivity contribution in [1.82, 2.24) is 9.80 Å². The van der Waals surface area contributed by atoms with Gasteiger partial charge in [-0.05, 0) is 37.5 Å². The first-order valence-corrected chi connectivity index (χ1v) is 8.51. The molecule has 7 heteroatoms. The molecule has 0 aromatic heterocycles. The van der Waals surface area contributed by atoms with Crippen LogP contribution in [-0.2, 0) is 9.59 Å². The number of nitrogens with zero attached hydrogens (tertiary/aromatic N) is 2. The monoisotopic (exact) mass is 347 g/mol. The highest BCUT2D eigenvalue weighted by atomic mass is 19.1. The molecule has 3 rings (SSSR count). The Bertz CT molecular complexity index is 728. The zero-order valence-corrected chi connectivity index (χ0v) is 14.5. The molecule has 1 N–H and O–H groups in total. The SMILES string of the molecule is Cc1ccc(F)cc1NC(=O)CN1C(=O)N(C)C2(CCCCC2)C1=O. The van der Waals surface area contributed by atoms with Crippen molar-refractivity contribution in [3.05, 3.63) is 29.6 Å². The average molecular weight is 347 g/mol. The molecule has 0 atom stereocenters. The molecule has 4 amide bonds. The number of halogens is 1. The zero-order valence-electron chi connectivity index (χ0n) is 14.5. The summed E-state index contributed by atoms with van der Waals surface area (Å²) in [5, 5.41) is 2.58. The summed E-state index contributed by atoms with van der Waals surface area (Å²) in [6, 6.07) is 3.63. The lowest BCUT2D eigenvalue weighted by Crippen LogP contribution is -2.49. The number of amides is 4. The lowest BCUT2D eigenvalue weighted by molar-refractivity contribution is -0.136. The van der Waals surface area contributed by atoms with Crippen molar-refractivity contribution in [1.29, 1.82) is 0 Å². The maximum absolute atomic E-state index is 13.3. The van der Waals surface area contributed by atoms with Crippen LogP contribution in [0.3, 0.4) is 0 Å². The van der Waals surface area contributed by atoms with E-state index in [2.05, 4.69) is 5.32 Å². The third-order valence-electron chi connectivity index (χ3n) is 5.26. The number of aryl methyl sites for hydroxylation is 1. The Kier molecular flexibility index (Phi) is 4.49. The number of carbonyl (C=O) groups is 3. The van der Waals surface area contributed by atoms with Gasteiger partial charge in [0.2, 0.25) is 5.91 Å². The van der Waals surface area contributed by atoms with Crippen molar-refractivity contribution in [2.75, 3.05) is 18.9 Å². The molecular weight excluding hydrogens is 325 g/mol. The van der Waals surface area contributed by atoms with Gasteiger partial charge in [-0.15, -0.1) is 0 Å². The highest BCUT2D eigenvalue weighted by Crippen LogP contribution is 2.39. The fourth-order valence-electron chi connectivity index (χ4n) is 3.73. The van der Waals surface area contributed by atoms with Crippen molar-refractivity contribution in [2.24, 2.45) is 0 Å². The van der Waals surface area contributed by atoms with E-state index in [-0.39, 0.29) is 12.5 Å². The van der Waals surface area contributed by atoms with Crippen LogP contribution >= 0.6 is 0 Å². The minimum absolute atomic E-state index is 0.300. The lowest BCUT2D eigenvalue weighted by Gasteiger charge is -2.35. The van der Waals surface area contributed by atoms with Gasteiger partial charge in [0.05, 0.1) is 0 Å². The Balaban J connectivity index is 1.74.